The Kier molecular flexibility index (Phi) is 8.53. The first-order valence-electron chi connectivity index (χ1n) is 10.4. The van der Waals surface area contributed by atoms with E-state index in [2.05, 4.69) is 16.3 Å². The zero-order valence-electron chi connectivity index (χ0n) is 19.0. The van der Waals surface area contributed by atoms with Gasteiger partial charge in [-0.1, -0.05) is 24.3 Å². The number of thiophene rings is 1. The molecule has 7 heteroatoms. The lowest BCUT2D eigenvalue weighted by atomic mass is 10.1. The summed E-state index contributed by atoms with van der Waals surface area (Å²) in [6.07, 6.45) is 0. The molecule has 1 heterocycles. The van der Waals surface area contributed by atoms with Gasteiger partial charge < -0.3 is 19.5 Å². The van der Waals surface area contributed by atoms with E-state index in [9.17, 15) is 4.79 Å². The molecule has 0 saturated heterocycles. The first-order valence-corrected chi connectivity index (χ1v) is 11.3. The Bertz CT molecular complexity index is 1010. The molecular formula is C25H30N2O4S. The van der Waals surface area contributed by atoms with Crippen molar-refractivity contribution in [1.29, 1.82) is 0 Å². The molecule has 2 aromatic carbocycles. The van der Waals surface area contributed by atoms with Crippen LogP contribution in [-0.4, -0.2) is 38.7 Å². The highest BCUT2D eigenvalue weighted by Crippen LogP contribution is 2.29. The molecule has 0 aliphatic heterocycles. The van der Waals surface area contributed by atoms with Crippen LogP contribution < -0.4 is 19.5 Å². The molecular weight excluding hydrogens is 424 g/mol. The van der Waals surface area contributed by atoms with Gasteiger partial charge in [0.1, 0.15) is 17.2 Å². The fraction of sp³-hybridized carbons (Fsp3) is 0.320. The Morgan fingerprint density at radius 3 is 2.44 bits per heavy atom. The van der Waals surface area contributed by atoms with Gasteiger partial charge in [0, 0.05) is 29.1 Å². The van der Waals surface area contributed by atoms with Gasteiger partial charge in [0.05, 0.1) is 33.9 Å². The van der Waals surface area contributed by atoms with Crippen LogP contribution in [-0.2, 0) is 17.9 Å². The molecule has 1 N–H and O–H groups in total. The molecule has 0 spiro atoms. The van der Waals surface area contributed by atoms with E-state index in [1.54, 1.807) is 32.7 Å². The lowest BCUT2D eigenvalue weighted by Crippen LogP contribution is -2.37. The third-order valence-electron chi connectivity index (χ3n) is 5.19. The largest absolute Gasteiger partial charge is 0.497 e. The minimum atomic E-state index is -0.234. The highest BCUT2D eigenvalue weighted by molar-refractivity contribution is 7.09. The Morgan fingerprint density at radius 1 is 0.969 bits per heavy atom. The first-order chi connectivity index (χ1) is 15.5. The quantitative estimate of drug-likeness (QED) is 0.457. The Balaban J connectivity index is 1.73. The Morgan fingerprint density at radius 2 is 1.75 bits per heavy atom. The van der Waals surface area contributed by atoms with Crippen molar-refractivity contribution in [2.75, 3.05) is 27.9 Å². The van der Waals surface area contributed by atoms with Crippen LogP contribution >= 0.6 is 11.3 Å². The molecule has 0 saturated carbocycles. The van der Waals surface area contributed by atoms with E-state index in [1.807, 2.05) is 60.8 Å². The van der Waals surface area contributed by atoms with Crippen molar-refractivity contribution >= 4 is 17.2 Å². The number of hydrogen-bond donors (Lipinski definition) is 1. The van der Waals surface area contributed by atoms with Crippen molar-refractivity contribution in [3.8, 4) is 17.2 Å². The average molecular weight is 455 g/mol. The maximum absolute atomic E-state index is 13.0. The number of nitrogens with zero attached hydrogens (tertiary/aromatic N) is 1. The smallest absolute Gasteiger partial charge is 0.234 e. The van der Waals surface area contributed by atoms with Crippen LogP contribution in [0.25, 0.3) is 0 Å². The summed E-state index contributed by atoms with van der Waals surface area (Å²) in [5.74, 6) is 2.19. The summed E-state index contributed by atoms with van der Waals surface area (Å²) in [5.41, 5.74) is 1.91. The van der Waals surface area contributed by atoms with Gasteiger partial charge in [-0.2, -0.15) is 0 Å². The molecule has 0 fully saturated rings. The minimum absolute atomic E-state index is 0.0613. The van der Waals surface area contributed by atoms with Crippen molar-refractivity contribution in [3.05, 3.63) is 76.0 Å². The van der Waals surface area contributed by atoms with Crippen molar-refractivity contribution in [2.24, 2.45) is 0 Å². The molecule has 1 amide bonds. The van der Waals surface area contributed by atoms with E-state index >= 15 is 0 Å². The van der Waals surface area contributed by atoms with Gasteiger partial charge in [-0.05, 0) is 42.6 Å². The molecule has 1 aromatic heterocycles. The molecule has 170 valence electrons. The van der Waals surface area contributed by atoms with E-state index in [1.165, 1.54) is 4.88 Å². The van der Waals surface area contributed by atoms with Gasteiger partial charge in [-0.25, -0.2) is 0 Å². The average Bonchev–Trinajstić information content (AvgIpc) is 3.31. The molecule has 32 heavy (non-hydrogen) atoms. The highest BCUT2D eigenvalue weighted by atomic mass is 32.1. The van der Waals surface area contributed by atoms with Crippen LogP contribution in [0.1, 0.15) is 29.0 Å². The van der Waals surface area contributed by atoms with E-state index < -0.39 is 0 Å². The molecule has 6 nitrogen and oxygen atoms in total. The van der Waals surface area contributed by atoms with Crippen LogP contribution in [0.4, 0.5) is 0 Å². The van der Waals surface area contributed by atoms with E-state index in [-0.39, 0.29) is 18.5 Å². The molecule has 0 aliphatic rings. The predicted molar refractivity (Wildman–Crippen MR) is 128 cm³/mol. The first kappa shape index (κ1) is 23.6. The number of carbonyl (C=O) groups is 1. The third kappa shape index (κ3) is 6.24. The maximum Gasteiger partial charge on any atom is 0.234 e. The monoisotopic (exact) mass is 454 g/mol. The molecule has 1 atom stereocenters. The number of hydrogen-bond acceptors (Lipinski definition) is 6. The van der Waals surface area contributed by atoms with Gasteiger partial charge >= 0.3 is 0 Å². The van der Waals surface area contributed by atoms with Gasteiger partial charge in [-0.3, -0.25) is 9.69 Å². The van der Waals surface area contributed by atoms with Crippen molar-refractivity contribution in [1.82, 2.24) is 10.2 Å². The number of para-hydroxylation sites is 1. The van der Waals surface area contributed by atoms with Gasteiger partial charge in [0.2, 0.25) is 5.91 Å². The Labute approximate surface area is 193 Å². The van der Waals surface area contributed by atoms with Gasteiger partial charge in [0.25, 0.3) is 0 Å². The summed E-state index contributed by atoms with van der Waals surface area (Å²) in [4.78, 5) is 16.3. The minimum Gasteiger partial charge on any atom is -0.497 e. The maximum atomic E-state index is 13.0. The van der Waals surface area contributed by atoms with Crippen molar-refractivity contribution < 1.29 is 19.0 Å². The molecule has 3 rings (SSSR count). The molecule has 1 unspecified atom stereocenters. The number of amides is 1. The summed E-state index contributed by atoms with van der Waals surface area (Å²) in [6, 6.07) is 17.4. The second kappa shape index (κ2) is 11.5. The summed E-state index contributed by atoms with van der Waals surface area (Å²) < 4.78 is 16.3. The van der Waals surface area contributed by atoms with Crippen molar-refractivity contribution in [3.63, 3.8) is 0 Å². The van der Waals surface area contributed by atoms with E-state index in [4.69, 9.17) is 14.2 Å². The SMILES string of the molecule is COc1ccc(OC)c(C(C)NC(=O)CN(Cc2cccs2)Cc2ccccc2OC)c1. The number of nitrogens with one attached hydrogen (secondary N) is 1. The highest BCUT2D eigenvalue weighted by Gasteiger charge is 2.19. The van der Waals surface area contributed by atoms with Crippen LogP contribution in [0.3, 0.4) is 0 Å². The molecule has 0 radical (unpaired) electrons. The molecule has 0 bridgehead atoms. The topological polar surface area (TPSA) is 60.0 Å². The summed E-state index contributed by atoms with van der Waals surface area (Å²) in [7, 11) is 4.91. The molecule has 0 aliphatic carbocycles. The van der Waals surface area contributed by atoms with Crippen LogP contribution in [0, 0.1) is 0 Å². The van der Waals surface area contributed by atoms with Gasteiger partial charge in [0.15, 0.2) is 0 Å². The van der Waals surface area contributed by atoms with Crippen LogP contribution in [0.2, 0.25) is 0 Å². The van der Waals surface area contributed by atoms with Crippen molar-refractivity contribution in [2.45, 2.75) is 26.1 Å². The Hall–Kier alpha value is -3.03. The number of benzene rings is 2. The second-order valence-electron chi connectivity index (χ2n) is 7.43. The second-order valence-corrected chi connectivity index (χ2v) is 8.47. The van der Waals surface area contributed by atoms with E-state index in [0.717, 1.165) is 22.6 Å². The molecule has 3 aromatic rings. The van der Waals surface area contributed by atoms with Crippen LogP contribution in [0.5, 0.6) is 17.2 Å². The van der Waals surface area contributed by atoms with E-state index in [0.29, 0.717) is 18.8 Å². The fourth-order valence-electron chi connectivity index (χ4n) is 3.61. The number of ether oxygens (including phenoxy) is 3. The lowest BCUT2D eigenvalue weighted by Gasteiger charge is -2.24. The van der Waals surface area contributed by atoms with Gasteiger partial charge in [-0.15, -0.1) is 11.3 Å². The summed E-state index contributed by atoms with van der Waals surface area (Å²) in [5, 5.41) is 5.15. The number of methoxy groups -OCH3 is 3. The zero-order valence-corrected chi connectivity index (χ0v) is 19.8. The zero-order chi connectivity index (χ0) is 22.9. The fourth-order valence-corrected chi connectivity index (χ4v) is 4.36. The normalized spacial score (nSPS) is 11.8. The number of rotatable bonds is 11. The number of carbonyl (C=O) groups excluding carboxylic acids is 1. The summed E-state index contributed by atoms with van der Waals surface area (Å²) in [6.45, 7) is 3.48. The standard InChI is InChI=1S/C25H30N2O4S/c1-18(22-14-20(29-2)11-12-24(22)31-4)26-25(28)17-27(16-21-9-7-13-32-21)15-19-8-5-6-10-23(19)30-3/h5-14,18H,15-17H2,1-4H3,(H,26,28). The lowest BCUT2D eigenvalue weighted by molar-refractivity contribution is -0.123. The summed E-state index contributed by atoms with van der Waals surface area (Å²) >= 11 is 1.68. The predicted octanol–water partition coefficient (Wildman–Crippen LogP) is 4.65. The van der Waals surface area contributed by atoms with Crippen LogP contribution in [0.15, 0.2) is 60.0 Å². The third-order valence-corrected chi connectivity index (χ3v) is 6.06.